The van der Waals surface area contributed by atoms with Gasteiger partial charge in [-0.15, -0.1) is 6.58 Å². The van der Waals surface area contributed by atoms with Crippen molar-refractivity contribution in [3.63, 3.8) is 0 Å². The minimum Gasteiger partial charge on any atom is -0.380 e. The Balaban J connectivity index is 3.48. The van der Waals surface area contributed by atoms with Gasteiger partial charge in [0.15, 0.2) is 0 Å². The van der Waals surface area contributed by atoms with Gasteiger partial charge in [-0.1, -0.05) is 19.9 Å². The summed E-state index contributed by atoms with van der Waals surface area (Å²) in [4.78, 5) is 0. The van der Waals surface area contributed by atoms with Crippen LogP contribution in [0.4, 0.5) is 0 Å². The van der Waals surface area contributed by atoms with Crippen molar-refractivity contribution < 1.29 is 4.74 Å². The normalized spacial score (nSPS) is 12.7. The Bertz CT molecular complexity index is 125. The van der Waals surface area contributed by atoms with Gasteiger partial charge >= 0.3 is 0 Å². The molecule has 2 nitrogen and oxygen atoms in total. The van der Waals surface area contributed by atoms with E-state index in [4.69, 9.17) is 4.74 Å². The van der Waals surface area contributed by atoms with E-state index in [0.29, 0.717) is 6.04 Å². The lowest BCUT2D eigenvalue weighted by Crippen LogP contribution is -2.33. The number of hydrogen-bond acceptors (Lipinski definition) is 2. The molecular weight excluding hydrogens is 174 g/mol. The summed E-state index contributed by atoms with van der Waals surface area (Å²) in [6.45, 7) is 10.8. The van der Waals surface area contributed by atoms with Crippen LogP contribution < -0.4 is 5.32 Å². The molecule has 0 saturated carbocycles. The van der Waals surface area contributed by atoms with E-state index < -0.39 is 0 Å². The molecule has 0 aliphatic heterocycles. The van der Waals surface area contributed by atoms with E-state index in [1.807, 2.05) is 6.08 Å². The van der Waals surface area contributed by atoms with Crippen LogP contribution in [-0.2, 0) is 4.74 Å². The Hall–Kier alpha value is -0.340. The van der Waals surface area contributed by atoms with Crippen LogP contribution in [0.5, 0.6) is 0 Å². The fraction of sp³-hybridized carbons (Fsp3) is 0.833. The van der Waals surface area contributed by atoms with Crippen LogP contribution in [-0.4, -0.2) is 25.8 Å². The second-order valence-electron chi connectivity index (χ2n) is 3.55. The van der Waals surface area contributed by atoms with Crippen LogP contribution in [0.3, 0.4) is 0 Å². The lowest BCUT2D eigenvalue weighted by molar-refractivity contribution is 0.109. The van der Waals surface area contributed by atoms with Crippen molar-refractivity contribution in [1.29, 1.82) is 0 Å². The Morgan fingerprint density at radius 3 is 2.79 bits per heavy atom. The number of nitrogens with one attached hydrogen (secondary N) is 1. The predicted octanol–water partition coefficient (Wildman–Crippen LogP) is 2.75. The predicted molar refractivity (Wildman–Crippen MR) is 62.6 cm³/mol. The summed E-state index contributed by atoms with van der Waals surface area (Å²) in [5.41, 5.74) is 0. The van der Waals surface area contributed by atoms with Gasteiger partial charge < -0.3 is 10.1 Å². The van der Waals surface area contributed by atoms with E-state index in [1.54, 1.807) is 0 Å². The van der Waals surface area contributed by atoms with Crippen molar-refractivity contribution in [2.75, 3.05) is 19.8 Å². The highest BCUT2D eigenvalue weighted by atomic mass is 16.5. The minimum absolute atomic E-state index is 0.520. The summed E-state index contributed by atoms with van der Waals surface area (Å²) in [6, 6.07) is 0.520. The molecule has 0 fully saturated rings. The molecule has 1 atom stereocenters. The maximum Gasteiger partial charge on any atom is 0.0619 e. The molecule has 0 spiro atoms. The van der Waals surface area contributed by atoms with Crippen molar-refractivity contribution in [3.05, 3.63) is 12.7 Å². The molecule has 0 heterocycles. The second-order valence-corrected chi connectivity index (χ2v) is 3.55. The molecule has 0 amide bonds. The van der Waals surface area contributed by atoms with Crippen molar-refractivity contribution in [2.45, 2.75) is 45.6 Å². The summed E-state index contributed by atoms with van der Waals surface area (Å²) < 4.78 is 5.54. The molecule has 0 aliphatic rings. The van der Waals surface area contributed by atoms with Gasteiger partial charge in [0.25, 0.3) is 0 Å². The molecule has 0 aromatic rings. The van der Waals surface area contributed by atoms with E-state index in [2.05, 4.69) is 25.7 Å². The Labute approximate surface area is 88.7 Å². The van der Waals surface area contributed by atoms with Gasteiger partial charge in [0, 0.05) is 12.6 Å². The Kier molecular flexibility index (Phi) is 10.5. The van der Waals surface area contributed by atoms with Crippen LogP contribution in [0, 0.1) is 0 Å². The summed E-state index contributed by atoms with van der Waals surface area (Å²) in [6.07, 6.45) is 6.58. The first-order chi connectivity index (χ1) is 6.85. The van der Waals surface area contributed by atoms with Gasteiger partial charge in [0.2, 0.25) is 0 Å². The van der Waals surface area contributed by atoms with Crippen LogP contribution >= 0.6 is 0 Å². The fourth-order valence-electron chi connectivity index (χ4n) is 1.41. The zero-order valence-corrected chi connectivity index (χ0v) is 9.72. The average Bonchev–Trinajstić information content (AvgIpc) is 2.18. The Morgan fingerprint density at radius 1 is 1.43 bits per heavy atom. The van der Waals surface area contributed by atoms with E-state index >= 15 is 0 Å². The molecule has 0 rings (SSSR count). The third-order valence-electron chi connectivity index (χ3n) is 2.12. The molecule has 0 bridgehead atoms. The third kappa shape index (κ3) is 8.27. The minimum atomic E-state index is 0.520. The van der Waals surface area contributed by atoms with Gasteiger partial charge in [-0.3, -0.25) is 0 Å². The zero-order chi connectivity index (χ0) is 10.6. The SMILES string of the molecule is C=CCCCC(COCCC)NCC. The van der Waals surface area contributed by atoms with E-state index in [9.17, 15) is 0 Å². The van der Waals surface area contributed by atoms with Crippen LogP contribution in [0.1, 0.15) is 39.5 Å². The summed E-state index contributed by atoms with van der Waals surface area (Å²) in [5.74, 6) is 0. The quantitative estimate of drug-likeness (QED) is 0.431. The van der Waals surface area contributed by atoms with Gasteiger partial charge in [0.05, 0.1) is 6.61 Å². The summed E-state index contributed by atoms with van der Waals surface area (Å²) in [7, 11) is 0. The summed E-state index contributed by atoms with van der Waals surface area (Å²) >= 11 is 0. The summed E-state index contributed by atoms with van der Waals surface area (Å²) in [5, 5.41) is 3.44. The van der Waals surface area contributed by atoms with Crippen molar-refractivity contribution in [3.8, 4) is 0 Å². The lowest BCUT2D eigenvalue weighted by atomic mass is 10.1. The Morgan fingerprint density at radius 2 is 2.21 bits per heavy atom. The molecule has 0 aromatic carbocycles. The first-order valence-electron chi connectivity index (χ1n) is 5.77. The van der Waals surface area contributed by atoms with Gasteiger partial charge in [-0.2, -0.15) is 0 Å². The smallest absolute Gasteiger partial charge is 0.0619 e. The topological polar surface area (TPSA) is 21.3 Å². The van der Waals surface area contributed by atoms with E-state index in [1.165, 1.54) is 12.8 Å². The van der Waals surface area contributed by atoms with E-state index in [0.717, 1.165) is 32.6 Å². The molecule has 2 heteroatoms. The van der Waals surface area contributed by atoms with Gasteiger partial charge in [0.1, 0.15) is 0 Å². The highest BCUT2D eigenvalue weighted by Crippen LogP contribution is 2.02. The van der Waals surface area contributed by atoms with Gasteiger partial charge in [-0.25, -0.2) is 0 Å². The number of hydrogen-bond donors (Lipinski definition) is 1. The second kappa shape index (κ2) is 10.7. The highest BCUT2D eigenvalue weighted by Gasteiger charge is 2.05. The number of unbranched alkanes of at least 4 members (excludes halogenated alkanes) is 1. The molecule has 0 aliphatic carbocycles. The molecule has 1 N–H and O–H groups in total. The number of ether oxygens (including phenoxy) is 1. The molecule has 1 unspecified atom stereocenters. The van der Waals surface area contributed by atoms with E-state index in [-0.39, 0.29) is 0 Å². The van der Waals surface area contributed by atoms with Crippen LogP contribution in [0.15, 0.2) is 12.7 Å². The highest BCUT2D eigenvalue weighted by molar-refractivity contribution is 4.70. The molecule has 84 valence electrons. The van der Waals surface area contributed by atoms with Crippen molar-refractivity contribution in [1.82, 2.24) is 5.32 Å². The number of likely N-dealkylation sites (N-methyl/N-ethyl adjacent to an activating group) is 1. The van der Waals surface area contributed by atoms with Crippen molar-refractivity contribution >= 4 is 0 Å². The number of rotatable bonds is 10. The monoisotopic (exact) mass is 199 g/mol. The molecule has 0 radical (unpaired) electrons. The largest absolute Gasteiger partial charge is 0.380 e. The zero-order valence-electron chi connectivity index (χ0n) is 9.72. The first-order valence-corrected chi connectivity index (χ1v) is 5.77. The number of allylic oxidation sites excluding steroid dienone is 1. The van der Waals surface area contributed by atoms with Crippen LogP contribution in [0.2, 0.25) is 0 Å². The molecule has 0 saturated heterocycles. The van der Waals surface area contributed by atoms with Crippen molar-refractivity contribution in [2.24, 2.45) is 0 Å². The third-order valence-corrected chi connectivity index (χ3v) is 2.12. The lowest BCUT2D eigenvalue weighted by Gasteiger charge is -2.17. The maximum absolute atomic E-state index is 5.54. The average molecular weight is 199 g/mol. The van der Waals surface area contributed by atoms with Crippen LogP contribution in [0.25, 0.3) is 0 Å². The molecule has 14 heavy (non-hydrogen) atoms. The first kappa shape index (κ1) is 13.7. The molecule has 0 aromatic heterocycles. The van der Waals surface area contributed by atoms with Gasteiger partial charge in [-0.05, 0) is 32.2 Å². The maximum atomic E-state index is 5.54. The fourth-order valence-corrected chi connectivity index (χ4v) is 1.41. The molecular formula is C12H25NO. The standard InChI is InChI=1S/C12H25NO/c1-4-7-8-9-12(13-6-3)11-14-10-5-2/h4,12-13H,1,5-11H2,2-3H3.